The largest absolute Gasteiger partial charge is 0.545 e. The third-order valence-corrected chi connectivity index (χ3v) is 3.04. The number of thiocarbonyl (C=S) groups is 1. The molecule has 2 aromatic rings. The summed E-state index contributed by atoms with van der Waals surface area (Å²) >= 11 is 5.17. The van der Waals surface area contributed by atoms with Crippen LogP contribution in [0.2, 0.25) is 0 Å². The number of carboxylic acids is 1. The molecule has 0 aromatic heterocycles. The quantitative estimate of drug-likeness (QED) is 0.589. The van der Waals surface area contributed by atoms with Crippen molar-refractivity contribution in [2.24, 2.45) is 0 Å². The topological polar surface area (TPSA) is 76.2 Å². The van der Waals surface area contributed by atoms with E-state index in [9.17, 15) is 9.90 Å². The minimum absolute atomic E-state index is 0.126. The highest BCUT2D eigenvalue weighted by Crippen LogP contribution is 2.13. The summed E-state index contributed by atoms with van der Waals surface area (Å²) in [6.45, 7) is 1.98. The highest BCUT2D eigenvalue weighted by molar-refractivity contribution is 7.80. The molecular formula is C15H14N3O2S-. The van der Waals surface area contributed by atoms with Gasteiger partial charge in [0.05, 0.1) is 11.7 Å². The van der Waals surface area contributed by atoms with Gasteiger partial charge in [-0.05, 0) is 48.5 Å². The van der Waals surface area contributed by atoms with E-state index in [0.717, 1.165) is 11.3 Å². The van der Waals surface area contributed by atoms with Gasteiger partial charge in [0, 0.05) is 5.69 Å². The van der Waals surface area contributed by atoms with Gasteiger partial charge in [-0.15, -0.1) is 0 Å². The Bertz CT molecular complexity index is 656. The van der Waals surface area contributed by atoms with Crippen LogP contribution in [0.3, 0.4) is 0 Å². The second-order valence-electron chi connectivity index (χ2n) is 4.38. The molecule has 3 N–H and O–H groups in total. The number of aryl methyl sites for hydroxylation is 1. The van der Waals surface area contributed by atoms with Crippen LogP contribution in [0.5, 0.6) is 0 Å². The molecule has 2 rings (SSSR count). The molecule has 0 spiro atoms. The molecule has 0 amide bonds. The molecule has 0 bridgehead atoms. The van der Waals surface area contributed by atoms with Gasteiger partial charge in [0.2, 0.25) is 0 Å². The first kappa shape index (κ1) is 14.8. The van der Waals surface area contributed by atoms with Crippen molar-refractivity contribution in [2.45, 2.75) is 6.92 Å². The van der Waals surface area contributed by atoms with Gasteiger partial charge < -0.3 is 15.2 Å². The van der Waals surface area contributed by atoms with Crippen molar-refractivity contribution < 1.29 is 9.90 Å². The fraction of sp³-hybridized carbons (Fsp3) is 0.0667. The van der Waals surface area contributed by atoms with Gasteiger partial charge in [0.15, 0.2) is 5.11 Å². The molecule has 0 atom stereocenters. The Hall–Kier alpha value is -2.60. The van der Waals surface area contributed by atoms with Gasteiger partial charge in [-0.1, -0.05) is 30.3 Å². The predicted molar refractivity (Wildman–Crippen MR) is 84.9 cm³/mol. The van der Waals surface area contributed by atoms with Crippen molar-refractivity contribution in [1.29, 1.82) is 0 Å². The number of carbonyl (C=O) groups is 1. The fourth-order valence-electron chi connectivity index (χ4n) is 1.69. The van der Waals surface area contributed by atoms with E-state index in [1.54, 1.807) is 12.1 Å². The summed E-state index contributed by atoms with van der Waals surface area (Å²) in [6.07, 6.45) is 0. The molecule has 21 heavy (non-hydrogen) atoms. The number of benzene rings is 2. The number of hydrazine groups is 1. The summed E-state index contributed by atoms with van der Waals surface area (Å²) in [5.41, 5.74) is 8.53. The van der Waals surface area contributed by atoms with E-state index in [1.807, 2.05) is 31.2 Å². The summed E-state index contributed by atoms with van der Waals surface area (Å²) in [6, 6.07) is 13.9. The number of para-hydroxylation sites is 1. The SMILES string of the molecule is Cc1ccccc1NC(=S)NNc1ccc(C(=O)[O-])cc1. The Morgan fingerprint density at radius 2 is 1.76 bits per heavy atom. The summed E-state index contributed by atoms with van der Waals surface area (Å²) < 4.78 is 0. The third kappa shape index (κ3) is 4.19. The van der Waals surface area contributed by atoms with Gasteiger partial charge in [0.1, 0.15) is 0 Å². The number of rotatable bonds is 4. The lowest BCUT2D eigenvalue weighted by Crippen LogP contribution is -2.33. The molecule has 2 aromatic carbocycles. The van der Waals surface area contributed by atoms with Crippen LogP contribution in [0.25, 0.3) is 0 Å². The van der Waals surface area contributed by atoms with Crippen LogP contribution in [-0.2, 0) is 0 Å². The summed E-state index contributed by atoms with van der Waals surface area (Å²) in [4.78, 5) is 10.6. The number of carbonyl (C=O) groups excluding carboxylic acids is 1. The number of hydrogen-bond acceptors (Lipinski definition) is 4. The van der Waals surface area contributed by atoms with Crippen molar-refractivity contribution in [3.8, 4) is 0 Å². The minimum atomic E-state index is -1.20. The van der Waals surface area contributed by atoms with E-state index in [0.29, 0.717) is 10.8 Å². The molecule has 0 aliphatic rings. The first-order valence-electron chi connectivity index (χ1n) is 6.26. The van der Waals surface area contributed by atoms with E-state index >= 15 is 0 Å². The summed E-state index contributed by atoms with van der Waals surface area (Å²) in [5.74, 6) is -1.20. The first-order chi connectivity index (χ1) is 10.1. The van der Waals surface area contributed by atoms with Crippen LogP contribution in [0.4, 0.5) is 11.4 Å². The highest BCUT2D eigenvalue weighted by atomic mass is 32.1. The zero-order valence-electron chi connectivity index (χ0n) is 11.3. The molecule has 0 heterocycles. The van der Waals surface area contributed by atoms with Gasteiger partial charge in [0.25, 0.3) is 0 Å². The van der Waals surface area contributed by atoms with Crippen LogP contribution in [0.1, 0.15) is 15.9 Å². The van der Waals surface area contributed by atoms with Crippen molar-refractivity contribution in [3.63, 3.8) is 0 Å². The normalized spacial score (nSPS) is 9.76. The number of hydrogen-bond donors (Lipinski definition) is 3. The van der Waals surface area contributed by atoms with E-state index < -0.39 is 5.97 Å². The van der Waals surface area contributed by atoms with Crippen molar-refractivity contribution >= 4 is 34.7 Å². The Labute approximate surface area is 128 Å². The Morgan fingerprint density at radius 1 is 1.10 bits per heavy atom. The number of aromatic carboxylic acids is 1. The summed E-state index contributed by atoms with van der Waals surface area (Å²) in [7, 11) is 0. The van der Waals surface area contributed by atoms with E-state index in [4.69, 9.17) is 12.2 Å². The average molecular weight is 300 g/mol. The molecule has 0 unspecified atom stereocenters. The number of nitrogens with one attached hydrogen (secondary N) is 3. The van der Waals surface area contributed by atoms with Crippen LogP contribution >= 0.6 is 12.2 Å². The van der Waals surface area contributed by atoms with E-state index in [1.165, 1.54) is 12.1 Å². The first-order valence-corrected chi connectivity index (χ1v) is 6.67. The monoisotopic (exact) mass is 300 g/mol. The zero-order chi connectivity index (χ0) is 15.2. The lowest BCUT2D eigenvalue weighted by atomic mass is 10.2. The lowest BCUT2D eigenvalue weighted by molar-refractivity contribution is -0.255. The van der Waals surface area contributed by atoms with E-state index in [-0.39, 0.29) is 5.56 Å². The molecule has 5 nitrogen and oxygen atoms in total. The Kier molecular flexibility index (Phi) is 4.73. The maximum absolute atomic E-state index is 10.6. The lowest BCUT2D eigenvalue weighted by Gasteiger charge is -2.14. The van der Waals surface area contributed by atoms with Gasteiger partial charge >= 0.3 is 0 Å². The standard InChI is InChI=1S/C15H15N3O2S/c1-10-4-2-3-5-13(10)16-15(21)18-17-12-8-6-11(7-9-12)14(19)20/h2-9,17H,1H3,(H,19,20)(H2,16,18,21)/p-1. The molecule has 0 saturated carbocycles. The smallest absolute Gasteiger partial charge is 0.189 e. The summed E-state index contributed by atoms with van der Waals surface area (Å²) in [5, 5.41) is 14.1. The maximum atomic E-state index is 10.6. The minimum Gasteiger partial charge on any atom is -0.545 e. The van der Waals surface area contributed by atoms with Gasteiger partial charge in [-0.2, -0.15) is 0 Å². The van der Waals surface area contributed by atoms with Crippen LogP contribution in [-0.4, -0.2) is 11.1 Å². The molecule has 0 aliphatic carbocycles. The molecule has 0 saturated heterocycles. The second-order valence-corrected chi connectivity index (χ2v) is 4.79. The molecule has 0 fully saturated rings. The van der Waals surface area contributed by atoms with E-state index in [2.05, 4.69) is 16.2 Å². The van der Waals surface area contributed by atoms with Crippen molar-refractivity contribution in [3.05, 3.63) is 59.7 Å². The Balaban J connectivity index is 1.89. The Morgan fingerprint density at radius 3 is 2.38 bits per heavy atom. The van der Waals surface area contributed by atoms with Crippen molar-refractivity contribution in [1.82, 2.24) is 5.43 Å². The van der Waals surface area contributed by atoms with Gasteiger partial charge in [-0.25, -0.2) is 0 Å². The molecular weight excluding hydrogens is 286 g/mol. The van der Waals surface area contributed by atoms with Crippen LogP contribution in [0.15, 0.2) is 48.5 Å². The molecule has 0 radical (unpaired) electrons. The number of anilines is 2. The number of carboxylic acid groups (broad SMARTS) is 1. The second kappa shape index (κ2) is 6.71. The molecule has 6 heteroatoms. The van der Waals surface area contributed by atoms with Crippen LogP contribution < -0.4 is 21.3 Å². The zero-order valence-corrected chi connectivity index (χ0v) is 12.2. The van der Waals surface area contributed by atoms with Crippen LogP contribution in [0, 0.1) is 6.92 Å². The van der Waals surface area contributed by atoms with Gasteiger partial charge in [-0.3, -0.25) is 10.9 Å². The third-order valence-electron chi connectivity index (χ3n) is 2.83. The average Bonchev–Trinajstić information content (AvgIpc) is 2.48. The predicted octanol–water partition coefficient (Wildman–Crippen LogP) is 1.67. The fourth-order valence-corrected chi connectivity index (χ4v) is 1.85. The van der Waals surface area contributed by atoms with Crippen molar-refractivity contribution in [2.75, 3.05) is 10.7 Å². The molecule has 108 valence electrons. The maximum Gasteiger partial charge on any atom is 0.189 e. The highest BCUT2D eigenvalue weighted by Gasteiger charge is 2.00. The molecule has 0 aliphatic heterocycles.